The molecule has 0 unspecified atom stereocenters. The third kappa shape index (κ3) is 6.06. The minimum Gasteiger partial charge on any atom is -0.269 e. The van der Waals surface area contributed by atoms with Crippen LogP contribution in [-0.4, -0.2) is 19.3 Å². The highest BCUT2D eigenvalue weighted by Gasteiger charge is 2.21. The minimum absolute atomic E-state index is 0.139. The Morgan fingerprint density at radius 2 is 1.38 bits per heavy atom. The van der Waals surface area contributed by atoms with Crippen LogP contribution < -0.4 is 4.72 Å². The number of rotatable bonds is 8. The van der Waals surface area contributed by atoms with Crippen LogP contribution in [0.25, 0.3) is 27.4 Å². The zero-order chi connectivity index (χ0) is 27.2. The van der Waals surface area contributed by atoms with Crippen LogP contribution in [0.2, 0.25) is 0 Å². The first-order valence-electron chi connectivity index (χ1n) is 12.5. The Labute approximate surface area is 232 Å². The van der Waals surface area contributed by atoms with Crippen molar-refractivity contribution in [3.05, 3.63) is 138 Å². The fourth-order valence-corrected chi connectivity index (χ4v) is 6.56. The van der Waals surface area contributed by atoms with Crippen molar-refractivity contribution in [2.24, 2.45) is 0 Å². The molecule has 0 aliphatic carbocycles. The summed E-state index contributed by atoms with van der Waals surface area (Å²) in [4.78, 5) is 16.6. The minimum atomic E-state index is -4.06. The van der Waals surface area contributed by atoms with Gasteiger partial charge in [0.25, 0.3) is 15.9 Å². The molecule has 194 valence electrons. The lowest BCUT2D eigenvalue weighted by Crippen LogP contribution is -2.28. The van der Waals surface area contributed by atoms with E-state index in [0.717, 1.165) is 44.7 Å². The normalized spacial score (nSPS) is 12.4. The van der Waals surface area contributed by atoms with E-state index in [2.05, 4.69) is 40.9 Å². The number of para-hydroxylation sites is 1. The lowest BCUT2D eigenvalue weighted by molar-refractivity contribution is -0.114. The number of nitrogens with one attached hydrogen (secondary N) is 1. The average Bonchev–Trinajstić information content (AvgIpc) is 3.42. The quantitative estimate of drug-likeness (QED) is 0.164. The summed E-state index contributed by atoms with van der Waals surface area (Å²) >= 11 is 1.02. The summed E-state index contributed by atoms with van der Waals surface area (Å²) in [5, 5.41) is 0. The smallest absolute Gasteiger partial charge is 0.269 e. The van der Waals surface area contributed by atoms with E-state index in [1.807, 2.05) is 66.7 Å². The molecule has 0 spiro atoms. The van der Waals surface area contributed by atoms with Crippen molar-refractivity contribution in [3.63, 3.8) is 0 Å². The first kappa shape index (κ1) is 26.3. The molecule has 0 saturated heterocycles. The van der Waals surface area contributed by atoms with Crippen molar-refractivity contribution < 1.29 is 13.2 Å². The predicted molar refractivity (Wildman–Crippen MR) is 160 cm³/mol. The van der Waals surface area contributed by atoms with Gasteiger partial charge >= 0.3 is 0 Å². The number of sulfonamides is 1. The molecule has 1 amide bonds. The van der Waals surface area contributed by atoms with E-state index in [9.17, 15) is 13.2 Å². The summed E-state index contributed by atoms with van der Waals surface area (Å²) in [6, 6.07) is 35.7. The Balaban J connectivity index is 1.38. The van der Waals surface area contributed by atoms with Crippen molar-refractivity contribution in [3.8, 4) is 0 Å². The number of carbonyl (C=O) groups is 1. The van der Waals surface area contributed by atoms with Crippen LogP contribution in [0.1, 0.15) is 35.6 Å². The highest BCUT2D eigenvalue weighted by molar-refractivity contribution is 7.92. The van der Waals surface area contributed by atoms with Crippen LogP contribution in [0.5, 0.6) is 0 Å². The zero-order valence-electron chi connectivity index (χ0n) is 21.2. The molecule has 0 atom stereocenters. The molecule has 5 aromatic rings. The Hall–Kier alpha value is -4.33. The molecule has 0 aliphatic heterocycles. The predicted octanol–water partition coefficient (Wildman–Crippen LogP) is 7.18. The van der Waals surface area contributed by atoms with Gasteiger partial charge in [-0.1, -0.05) is 104 Å². The van der Waals surface area contributed by atoms with Crippen LogP contribution in [0.4, 0.5) is 0 Å². The molecule has 1 N–H and O–H groups in total. The molecule has 0 bridgehead atoms. The van der Waals surface area contributed by atoms with Gasteiger partial charge in [0.1, 0.15) is 0 Å². The molecular weight excluding hydrogens is 524 g/mol. The average molecular weight is 551 g/mol. The van der Waals surface area contributed by atoms with Crippen molar-refractivity contribution >= 4 is 54.7 Å². The fraction of sp³-hybridized carbons (Fsp3) is 0.0625. The third-order valence-electron chi connectivity index (χ3n) is 6.21. The summed E-state index contributed by atoms with van der Waals surface area (Å²) in [6.45, 7) is 2.16. The topological polar surface area (TPSA) is 76.1 Å². The number of carbonyl (C=O) groups excluding carboxylic acids is 1. The van der Waals surface area contributed by atoms with Crippen LogP contribution in [0.15, 0.2) is 120 Å². The molecule has 5 rings (SSSR count). The van der Waals surface area contributed by atoms with Crippen molar-refractivity contribution in [2.45, 2.75) is 17.7 Å². The van der Waals surface area contributed by atoms with E-state index < -0.39 is 15.9 Å². The van der Waals surface area contributed by atoms with E-state index in [4.69, 9.17) is 0 Å². The first-order chi connectivity index (χ1) is 18.9. The van der Waals surface area contributed by atoms with Gasteiger partial charge in [-0.2, -0.15) is 8.42 Å². The maximum atomic E-state index is 12.7. The number of hydrogen-bond acceptors (Lipinski definition) is 5. The largest absolute Gasteiger partial charge is 0.291 e. The SMILES string of the molecule is CC/C(=C(\c1ccccc1)c1ccc(/C=C/C(=O)NS(=O)(=O)c2nc3ccccc3s2)cc1)c1ccccc1. The highest BCUT2D eigenvalue weighted by atomic mass is 32.2. The monoisotopic (exact) mass is 550 g/mol. The second-order valence-corrected chi connectivity index (χ2v) is 11.7. The van der Waals surface area contributed by atoms with Gasteiger partial charge in [-0.15, -0.1) is 11.3 Å². The number of aromatic nitrogens is 1. The number of hydrogen-bond donors (Lipinski definition) is 1. The summed E-state index contributed by atoms with van der Waals surface area (Å²) in [7, 11) is -4.06. The molecule has 5 nitrogen and oxygen atoms in total. The van der Waals surface area contributed by atoms with E-state index >= 15 is 0 Å². The lowest BCUT2D eigenvalue weighted by Gasteiger charge is -2.16. The zero-order valence-corrected chi connectivity index (χ0v) is 22.9. The van der Waals surface area contributed by atoms with E-state index in [-0.39, 0.29) is 4.34 Å². The van der Waals surface area contributed by atoms with Crippen molar-refractivity contribution in [2.75, 3.05) is 0 Å². The van der Waals surface area contributed by atoms with Gasteiger partial charge in [-0.3, -0.25) is 4.79 Å². The summed E-state index contributed by atoms with van der Waals surface area (Å²) in [5.74, 6) is -0.736. The molecule has 1 heterocycles. The van der Waals surface area contributed by atoms with E-state index in [1.54, 1.807) is 24.3 Å². The van der Waals surface area contributed by atoms with Gasteiger partial charge in [0, 0.05) is 6.08 Å². The Morgan fingerprint density at radius 3 is 2.03 bits per heavy atom. The Morgan fingerprint density at radius 1 is 0.795 bits per heavy atom. The van der Waals surface area contributed by atoms with Gasteiger partial charge in [-0.25, -0.2) is 9.71 Å². The van der Waals surface area contributed by atoms with Crippen LogP contribution in [0, 0.1) is 0 Å². The van der Waals surface area contributed by atoms with E-state index in [0.29, 0.717) is 5.52 Å². The van der Waals surface area contributed by atoms with Gasteiger partial charge in [0.15, 0.2) is 0 Å². The molecule has 7 heteroatoms. The molecule has 0 fully saturated rings. The van der Waals surface area contributed by atoms with Gasteiger partial charge in [-0.05, 0) is 58.0 Å². The fourth-order valence-electron chi connectivity index (χ4n) is 4.39. The third-order valence-corrected chi connectivity index (χ3v) is 8.97. The number of allylic oxidation sites excluding steroid dienone is 1. The molecule has 39 heavy (non-hydrogen) atoms. The standard InChI is InChI=1S/C32H26N2O3S2/c1-2-27(24-11-5-3-6-12-24)31(25-13-7-4-8-14-25)26-20-17-23(18-21-26)19-22-30(35)34-39(36,37)32-33-28-15-9-10-16-29(28)38-32/h3-22H,2H2,1H3,(H,34,35)/b22-19+,31-27-. The molecular formula is C32H26N2O3S2. The van der Waals surface area contributed by atoms with Crippen molar-refractivity contribution in [1.29, 1.82) is 0 Å². The molecule has 1 aromatic heterocycles. The van der Waals surface area contributed by atoms with Crippen molar-refractivity contribution in [1.82, 2.24) is 9.71 Å². The molecule has 0 saturated carbocycles. The second-order valence-electron chi connectivity index (χ2n) is 8.81. The Bertz CT molecular complexity index is 1740. The summed E-state index contributed by atoms with van der Waals surface area (Å²) < 4.78 is 28.0. The highest BCUT2D eigenvalue weighted by Crippen LogP contribution is 2.34. The van der Waals surface area contributed by atoms with Crippen LogP contribution in [-0.2, 0) is 14.8 Å². The number of thiazole rings is 1. The number of benzene rings is 4. The molecule has 4 aromatic carbocycles. The summed E-state index contributed by atoms with van der Waals surface area (Å²) in [6.07, 6.45) is 3.67. The van der Waals surface area contributed by atoms with Gasteiger partial charge in [0.05, 0.1) is 10.2 Å². The maximum Gasteiger partial charge on any atom is 0.291 e. The second kappa shape index (κ2) is 11.6. The van der Waals surface area contributed by atoms with Gasteiger partial charge in [0.2, 0.25) is 4.34 Å². The van der Waals surface area contributed by atoms with Gasteiger partial charge < -0.3 is 0 Å². The first-order valence-corrected chi connectivity index (χ1v) is 14.8. The van der Waals surface area contributed by atoms with E-state index in [1.165, 1.54) is 17.2 Å². The van der Waals surface area contributed by atoms with Crippen LogP contribution in [0.3, 0.4) is 0 Å². The number of nitrogens with zero attached hydrogens (tertiary/aromatic N) is 1. The summed E-state index contributed by atoms with van der Waals surface area (Å²) in [5.41, 5.74) is 7.10. The molecule has 0 aliphatic rings. The number of fused-ring (bicyclic) bond motifs is 1. The van der Waals surface area contributed by atoms with Crippen LogP contribution >= 0.6 is 11.3 Å². The lowest BCUT2D eigenvalue weighted by atomic mass is 9.88. The maximum absolute atomic E-state index is 12.7. The molecule has 0 radical (unpaired) electrons. The number of amides is 1. The Kier molecular flexibility index (Phi) is 7.81.